The highest BCUT2D eigenvalue weighted by Gasteiger charge is 2.44. The van der Waals surface area contributed by atoms with Crippen molar-refractivity contribution in [2.24, 2.45) is 0 Å². The monoisotopic (exact) mass is 337 g/mol. The number of nitrogens with one attached hydrogen (secondary N) is 1. The molecule has 0 radical (unpaired) electrons. The molecule has 1 saturated carbocycles. The van der Waals surface area contributed by atoms with E-state index in [2.05, 4.69) is 24.1 Å². The minimum atomic E-state index is -0.918. The summed E-state index contributed by atoms with van der Waals surface area (Å²) in [6.45, 7) is 4.32. The molecule has 1 aliphatic rings. The molecule has 5 heteroatoms. The maximum Gasteiger partial charge on any atom is 0.409 e. The van der Waals surface area contributed by atoms with Gasteiger partial charge in [0.2, 0.25) is 0 Å². The second kappa shape index (κ2) is 11.8. The molecule has 24 heavy (non-hydrogen) atoms. The number of amides is 1. The standard InChI is InChI=1S/C19H31NO4/c1-3-5-7-8-9-12-16-23-17(21)19(13-10-11-14-19)20-18(22)24-15-6-4-2/h3,5,7-16H2,1-2H3,(H,20,22). The lowest BCUT2D eigenvalue weighted by molar-refractivity contribution is -0.151. The first kappa shape index (κ1) is 20.3. The van der Waals surface area contributed by atoms with Crippen molar-refractivity contribution in [1.29, 1.82) is 0 Å². The Morgan fingerprint density at radius 3 is 2.38 bits per heavy atom. The van der Waals surface area contributed by atoms with Crippen molar-refractivity contribution in [2.75, 3.05) is 13.2 Å². The highest BCUT2D eigenvalue weighted by atomic mass is 16.6. The quantitative estimate of drug-likeness (QED) is 0.372. The van der Waals surface area contributed by atoms with Gasteiger partial charge in [0.15, 0.2) is 6.61 Å². The maximum absolute atomic E-state index is 12.4. The molecule has 1 fully saturated rings. The summed E-state index contributed by atoms with van der Waals surface area (Å²) in [5.74, 6) is 4.99. The summed E-state index contributed by atoms with van der Waals surface area (Å²) >= 11 is 0. The van der Waals surface area contributed by atoms with Crippen LogP contribution in [0.25, 0.3) is 0 Å². The largest absolute Gasteiger partial charge is 0.464 e. The van der Waals surface area contributed by atoms with Gasteiger partial charge in [-0.2, -0.15) is 0 Å². The summed E-state index contributed by atoms with van der Waals surface area (Å²) in [7, 11) is 0. The van der Waals surface area contributed by atoms with E-state index < -0.39 is 11.6 Å². The lowest BCUT2D eigenvalue weighted by Gasteiger charge is -2.27. The molecule has 0 aromatic heterocycles. The molecule has 5 nitrogen and oxygen atoms in total. The Hall–Kier alpha value is -1.70. The van der Waals surface area contributed by atoms with Crippen LogP contribution in [0.2, 0.25) is 0 Å². The maximum atomic E-state index is 12.4. The molecule has 1 rings (SSSR count). The van der Waals surface area contributed by atoms with Crippen molar-refractivity contribution >= 4 is 12.1 Å². The number of unbranched alkanes of at least 4 members (excludes halogenated alkanes) is 5. The normalized spacial score (nSPS) is 15.2. The Balaban J connectivity index is 2.35. The van der Waals surface area contributed by atoms with Crippen LogP contribution in [0.15, 0.2) is 0 Å². The molecule has 0 bridgehead atoms. The number of carbonyl (C=O) groups excluding carboxylic acids is 2. The molecule has 0 spiro atoms. The Morgan fingerprint density at radius 1 is 1.04 bits per heavy atom. The van der Waals surface area contributed by atoms with E-state index in [4.69, 9.17) is 9.47 Å². The average Bonchev–Trinajstić information content (AvgIpc) is 3.03. The van der Waals surface area contributed by atoms with Gasteiger partial charge in [0.25, 0.3) is 0 Å². The number of carbonyl (C=O) groups is 2. The fraction of sp³-hybridized carbons (Fsp3) is 0.789. The molecule has 0 atom stereocenters. The third-order valence-corrected chi connectivity index (χ3v) is 4.37. The lowest BCUT2D eigenvalue weighted by Crippen LogP contribution is -2.53. The zero-order valence-electron chi connectivity index (χ0n) is 15.1. The van der Waals surface area contributed by atoms with Crippen LogP contribution in [-0.4, -0.2) is 30.8 Å². The van der Waals surface area contributed by atoms with Crippen LogP contribution < -0.4 is 5.32 Å². The first-order valence-corrected chi connectivity index (χ1v) is 9.16. The Labute approximate surface area is 145 Å². The fourth-order valence-electron chi connectivity index (χ4n) is 2.95. The van der Waals surface area contributed by atoms with Crippen LogP contribution in [0.1, 0.15) is 78.1 Å². The average molecular weight is 337 g/mol. The van der Waals surface area contributed by atoms with E-state index in [9.17, 15) is 9.59 Å². The molecule has 136 valence electrons. The number of esters is 1. The topological polar surface area (TPSA) is 64.6 Å². The summed E-state index contributed by atoms with van der Waals surface area (Å²) in [5.41, 5.74) is -0.918. The number of hydrogen-bond acceptors (Lipinski definition) is 4. The molecule has 1 amide bonds. The molecule has 1 aliphatic carbocycles. The molecule has 0 heterocycles. The van der Waals surface area contributed by atoms with Gasteiger partial charge in [-0.05, 0) is 26.2 Å². The second-order valence-electron chi connectivity index (χ2n) is 6.32. The van der Waals surface area contributed by atoms with Crippen LogP contribution in [0.4, 0.5) is 4.79 Å². The molecular weight excluding hydrogens is 306 g/mol. The van der Waals surface area contributed by atoms with E-state index in [-0.39, 0.29) is 12.6 Å². The third-order valence-electron chi connectivity index (χ3n) is 4.37. The summed E-state index contributed by atoms with van der Waals surface area (Å²) in [5, 5.41) is 2.72. The van der Waals surface area contributed by atoms with Crippen molar-refractivity contribution in [1.82, 2.24) is 5.32 Å². The van der Waals surface area contributed by atoms with E-state index in [1.165, 1.54) is 25.7 Å². The highest BCUT2D eigenvalue weighted by Crippen LogP contribution is 2.31. The zero-order chi connectivity index (χ0) is 17.7. The molecule has 0 saturated heterocycles. The first-order chi connectivity index (χ1) is 11.6. The predicted octanol–water partition coefficient (Wildman–Crippen LogP) is 3.95. The van der Waals surface area contributed by atoms with Crippen molar-refractivity contribution in [3.63, 3.8) is 0 Å². The number of alkyl carbamates (subject to hydrolysis) is 1. The Kier molecular flexibility index (Phi) is 9.98. The van der Waals surface area contributed by atoms with Crippen LogP contribution in [0.3, 0.4) is 0 Å². The van der Waals surface area contributed by atoms with Gasteiger partial charge >= 0.3 is 12.1 Å². The third kappa shape index (κ3) is 7.25. The van der Waals surface area contributed by atoms with Crippen molar-refractivity contribution < 1.29 is 19.1 Å². The number of hydrogen-bond donors (Lipinski definition) is 1. The van der Waals surface area contributed by atoms with Gasteiger partial charge in [0.1, 0.15) is 5.54 Å². The van der Waals surface area contributed by atoms with Crippen LogP contribution >= 0.6 is 0 Å². The zero-order valence-corrected chi connectivity index (χ0v) is 15.1. The molecular formula is C19H31NO4. The predicted molar refractivity (Wildman–Crippen MR) is 93.5 cm³/mol. The fourth-order valence-corrected chi connectivity index (χ4v) is 2.95. The van der Waals surface area contributed by atoms with E-state index in [1.807, 2.05) is 0 Å². The summed E-state index contributed by atoms with van der Waals surface area (Å²) in [6, 6.07) is 0. The summed E-state index contributed by atoms with van der Waals surface area (Å²) in [6.07, 6.45) is 9.28. The van der Waals surface area contributed by atoms with E-state index in [0.717, 1.165) is 25.7 Å². The minimum absolute atomic E-state index is 0.0330. The minimum Gasteiger partial charge on any atom is -0.464 e. The molecule has 0 unspecified atom stereocenters. The number of rotatable bonds is 10. The van der Waals surface area contributed by atoms with Crippen molar-refractivity contribution in [3.05, 3.63) is 0 Å². The second-order valence-corrected chi connectivity index (χ2v) is 6.32. The Morgan fingerprint density at radius 2 is 1.71 bits per heavy atom. The Bertz CT molecular complexity index is 444. The smallest absolute Gasteiger partial charge is 0.409 e. The molecule has 0 aromatic carbocycles. The van der Waals surface area contributed by atoms with E-state index >= 15 is 0 Å². The SMILES string of the molecule is CC#CCOC(=O)NC1(C(=O)OCCCCCCCC)CCCC1. The van der Waals surface area contributed by atoms with E-state index in [1.54, 1.807) is 6.92 Å². The van der Waals surface area contributed by atoms with Gasteiger partial charge < -0.3 is 14.8 Å². The molecule has 1 N–H and O–H groups in total. The molecule has 0 aliphatic heterocycles. The van der Waals surface area contributed by atoms with E-state index in [0.29, 0.717) is 19.4 Å². The summed E-state index contributed by atoms with van der Waals surface area (Å²) < 4.78 is 10.4. The van der Waals surface area contributed by atoms with Gasteiger partial charge in [0, 0.05) is 0 Å². The highest BCUT2D eigenvalue weighted by molar-refractivity contribution is 5.86. The lowest BCUT2D eigenvalue weighted by atomic mass is 9.98. The van der Waals surface area contributed by atoms with Crippen LogP contribution in [-0.2, 0) is 14.3 Å². The van der Waals surface area contributed by atoms with Gasteiger partial charge in [-0.25, -0.2) is 9.59 Å². The van der Waals surface area contributed by atoms with Crippen LogP contribution in [0.5, 0.6) is 0 Å². The summed E-state index contributed by atoms with van der Waals surface area (Å²) in [4.78, 5) is 24.3. The first-order valence-electron chi connectivity index (χ1n) is 9.16. The van der Waals surface area contributed by atoms with Gasteiger partial charge in [-0.15, -0.1) is 5.92 Å². The van der Waals surface area contributed by atoms with Crippen molar-refractivity contribution in [2.45, 2.75) is 83.6 Å². The number of ether oxygens (including phenoxy) is 2. The van der Waals surface area contributed by atoms with Crippen molar-refractivity contribution in [3.8, 4) is 11.8 Å². The van der Waals surface area contributed by atoms with Gasteiger partial charge in [-0.3, -0.25) is 0 Å². The molecule has 0 aromatic rings. The van der Waals surface area contributed by atoms with Crippen LogP contribution in [0, 0.1) is 11.8 Å². The van der Waals surface area contributed by atoms with Gasteiger partial charge in [0.05, 0.1) is 6.61 Å². The van der Waals surface area contributed by atoms with Gasteiger partial charge in [-0.1, -0.05) is 57.8 Å².